The molecule has 6 aromatic carbocycles. The zero-order valence-corrected chi connectivity index (χ0v) is 32.0. The number of aryl methyl sites for hydroxylation is 4. The molecule has 6 aromatic rings. The quantitative estimate of drug-likeness (QED) is 0.128. The summed E-state index contributed by atoms with van der Waals surface area (Å²) in [6, 6.07) is 44.7. The van der Waals surface area contributed by atoms with Crippen LogP contribution in [0, 0.1) is 27.7 Å². The Morgan fingerprint density at radius 1 is 0.684 bits per heavy atom. The van der Waals surface area contributed by atoms with Gasteiger partial charge in [-0.1, -0.05) is 98.4 Å². The number of esters is 1. The van der Waals surface area contributed by atoms with Crippen molar-refractivity contribution in [2.45, 2.75) is 42.0 Å². The third-order valence-electron chi connectivity index (χ3n) is 9.81. The molecule has 1 aliphatic carbocycles. The molecule has 7 heteroatoms. The van der Waals surface area contributed by atoms with E-state index in [1.165, 1.54) is 0 Å². The first-order valence-corrected chi connectivity index (χ1v) is 18.5. The van der Waals surface area contributed by atoms with Crippen molar-refractivity contribution in [3.63, 3.8) is 0 Å². The Balaban J connectivity index is 0.000000332. The third kappa shape index (κ3) is 8.48. The van der Waals surface area contributed by atoms with Crippen LogP contribution < -0.4 is 15.8 Å². The van der Waals surface area contributed by atoms with E-state index in [9.17, 15) is 14.7 Å². The highest BCUT2D eigenvalue weighted by Gasteiger charge is 2.22. The molecule has 1 N–H and O–H groups in total. The van der Waals surface area contributed by atoms with E-state index in [-0.39, 0.29) is 19.0 Å². The smallest absolute Gasteiger partial charge is 0.338 e. The number of aromatic carboxylic acids is 1. The van der Waals surface area contributed by atoms with Crippen LogP contribution in [0.5, 0.6) is 0 Å². The van der Waals surface area contributed by atoms with Gasteiger partial charge in [0.05, 0.1) is 29.2 Å². The number of carbonyl (C=O) groups is 2. The van der Waals surface area contributed by atoms with Gasteiger partial charge >= 0.3 is 5.97 Å². The van der Waals surface area contributed by atoms with Crippen molar-refractivity contribution < 1.29 is 23.8 Å². The summed E-state index contributed by atoms with van der Waals surface area (Å²) in [5, 5.41) is 17.8. The van der Waals surface area contributed by atoms with Gasteiger partial charge in [-0.2, -0.15) is 0 Å². The summed E-state index contributed by atoms with van der Waals surface area (Å²) >= 11 is 0. The van der Waals surface area contributed by atoms with Gasteiger partial charge in [-0.15, -0.1) is 0 Å². The predicted octanol–water partition coefficient (Wildman–Crippen LogP) is 11.4. The van der Waals surface area contributed by atoms with Crippen LogP contribution in [-0.2, 0) is 4.74 Å². The van der Waals surface area contributed by atoms with E-state index in [1.54, 1.807) is 18.2 Å². The Labute approximate surface area is 333 Å². The Morgan fingerprint density at radius 3 is 2.05 bits per heavy atom. The highest BCUT2D eigenvalue weighted by molar-refractivity contribution is 6.08. The van der Waals surface area contributed by atoms with E-state index >= 15 is 0 Å². The van der Waals surface area contributed by atoms with Crippen LogP contribution in [0.15, 0.2) is 149 Å². The number of carboxylic acid groups (broad SMARTS) is 1. The van der Waals surface area contributed by atoms with Gasteiger partial charge in [0.15, 0.2) is 0 Å². The number of hydrogen-bond donors (Lipinski definition) is 1. The van der Waals surface area contributed by atoms with Crippen molar-refractivity contribution in [1.82, 2.24) is 0 Å². The van der Waals surface area contributed by atoms with Gasteiger partial charge in [0.2, 0.25) is 0 Å². The van der Waals surface area contributed by atoms with Crippen LogP contribution in [0.2, 0.25) is 0 Å². The Kier molecular flexibility index (Phi) is 12.0. The van der Waals surface area contributed by atoms with E-state index in [1.807, 2.05) is 85.8 Å². The van der Waals surface area contributed by atoms with Crippen LogP contribution in [0.4, 0.5) is 17.1 Å². The maximum absolute atomic E-state index is 13.1. The molecule has 0 amide bonds. The third-order valence-corrected chi connectivity index (χ3v) is 9.81. The van der Waals surface area contributed by atoms with Crippen molar-refractivity contribution in [2.24, 2.45) is 4.99 Å². The lowest BCUT2D eigenvalue weighted by atomic mass is 9.90. The van der Waals surface area contributed by atoms with Crippen LogP contribution in [0.1, 0.15) is 57.3 Å². The summed E-state index contributed by atoms with van der Waals surface area (Å²) < 4.78 is 12.1. The summed E-state index contributed by atoms with van der Waals surface area (Å²) in [6.07, 6.45) is 0. The number of ether oxygens (including phenoxy) is 1. The minimum Gasteiger partial charge on any atom is -0.545 e. The molecule has 0 spiro atoms. The van der Waals surface area contributed by atoms with E-state index in [0.29, 0.717) is 23.5 Å². The van der Waals surface area contributed by atoms with E-state index in [0.717, 1.165) is 77.5 Å². The Bertz CT molecular complexity index is 2760. The fourth-order valence-electron chi connectivity index (χ4n) is 6.99. The average molecular weight is 754 g/mol. The molecule has 0 saturated carbocycles. The van der Waals surface area contributed by atoms with Crippen LogP contribution in [0.25, 0.3) is 44.2 Å². The molecule has 2 aliphatic rings. The van der Waals surface area contributed by atoms with Crippen molar-refractivity contribution >= 4 is 50.7 Å². The van der Waals surface area contributed by atoms with Gasteiger partial charge < -0.3 is 24.4 Å². The number of benzene rings is 7. The standard InChI is InChI=1S/C38H34N2O3.C11H8O2.CH4/c1-6-42-38(41)30-16-8-7-15-29(30)35-31-19-17-27(39-36-23(2)11-9-12-24(36)3)21-33(31)43-34-22-28(18-20-32(34)35)40-37-25(4)13-10-14-26(37)5;12-11(13)10-6-5-8-3-1-2-4-9(8)7-10;/h7-22,39H,6H2,1-5H3;1-7H,(H,12,13);1H4/p-1. The first-order valence-electron chi connectivity index (χ1n) is 18.5. The van der Waals surface area contributed by atoms with Gasteiger partial charge in [0, 0.05) is 40.0 Å². The largest absolute Gasteiger partial charge is 0.545 e. The second-order valence-corrected chi connectivity index (χ2v) is 13.7. The lowest BCUT2D eigenvalue weighted by molar-refractivity contribution is -0.255. The number of fused-ring (bicyclic) bond motifs is 3. The predicted molar refractivity (Wildman–Crippen MR) is 230 cm³/mol. The summed E-state index contributed by atoms with van der Waals surface area (Å²) in [6.45, 7) is 10.5. The molecule has 0 radical (unpaired) electrons. The van der Waals surface area contributed by atoms with Crippen molar-refractivity contribution in [3.05, 3.63) is 178 Å². The molecule has 0 bridgehead atoms. The minimum atomic E-state index is -1.13. The molecule has 8 rings (SSSR count). The highest BCUT2D eigenvalue weighted by Crippen LogP contribution is 2.42. The minimum absolute atomic E-state index is 0. The first kappa shape index (κ1) is 39.7. The van der Waals surface area contributed by atoms with Crippen LogP contribution >= 0.6 is 0 Å². The van der Waals surface area contributed by atoms with E-state index in [2.05, 4.69) is 75.5 Å². The van der Waals surface area contributed by atoms with Crippen molar-refractivity contribution in [2.75, 3.05) is 11.9 Å². The SMILES string of the molecule is C.CCOC(=O)c1ccccc1-c1c2ccc(=Nc3c(C)cccc3C)cc-2oc2cc(Nc3c(C)cccc3C)ccc12.O=C([O-])c1ccc2ccccc2c1. The molecule has 1 aliphatic heterocycles. The monoisotopic (exact) mass is 753 g/mol. The van der Waals surface area contributed by atoms with Crippen molar-refractivity contribution in [1.29, 1.82) is 0 Å². The maximum atomic E-state index is 13.1. The molecule has 0 saturated heterocycles. The molecular formula is C50H45N2O5-. The number of nitrogens with zero attached hydrogens (tertiary/aromatic N) is 1. The molecule has 1 heterocycles. The lowest BCUT2D eigenvalue weighted by Crippen LogP contribution is -2.21. The number of nitrogens with one attached hydrogen (secondary N) is 1. The highest BCUT2D eigenvalue weighted by atomic mass is 16.5. The normalized spacial score (nSPS) is 11.1. The molecular weight excluding hydrogens is 709 g/mol. The number of para-hydroxylation sites is 2. The molecule has 0 atom stereocenters. The number of rotatable bonds is 7. The second kappa shape index (κ2) is 17.2. The maximum Gasteiger partial charge on any atom is 0.338 e. The van der Waals surface area contributed by atoms with Gasteiger partial charge in [0.25, 0.3) is 0 Å². The fourth-order valence-corrected chi connectivity index (χ4v) is 6.99. The molecule has 0 unspecified atom stereocenters. The molecule has 57 heavy (non-hydrogen) atoms. The van der Waals surface area contributed by atoms with Crippen LogP contribution in [0.3, 0.4) is 0 Å². The molecule has 7 nitrogen and oxygen atoms in total. The zero-order valence-electron chi connectivity index (χ0n) is 32.0. The topological polar surface area (TPSA) is 104 Å². The van der Waals surface area contributed by atoms with Gasteiger partial charge in [-0.3, -0.25) is 0 Å². The molecule has 0 aromatic heterocycles. The van der Waals surface area contributed by atoms with Crippen molar-refractivity contribution in [3.8, 4) is 22.5 Å². The summed E-state index contributed by atoms with van der Waals surface area (Å²) in [7, 11) is 0. The van der Waals surface area contributed by atoms with Gasteiger partial charge in [0.1, 0.15) is 11.3 Å². The van der Waals surface area contributed by atoms with E-state index in [4.69, 9.17) is 14.1 Å². The Hall–Kier alpha value is -6.99. The number of anilines is 2. The number of carbonyl (C=O) groups excluding carboxylic acids is 2. The lowest BCUT2D eigenvalue weighted by Gasteiger charge is -2.19. The second-order valence-electron chi connectivity index (χ2n) is 13.7. The van der Waals surface area contributed by atoms with Gasteiger partial charge in [-0.25, -0.2) is 9.79 Å². The summed E-state index contributed by atoms with van der Waals surface area (Å²) in [5.74, 6) is -0.807. The number of carboxylic acids is 1. The van der Waals surface area contributed by atoms with Crippen LogP contribution in [-0.4, -0.2) is 18.5 Å². The molecule has 0 fully saturated rings. The molecule has 286 valence electrons. The summed E-state index contributed by atoms with van der Waals surface area (Å²) in [5.41, 5.74) is 11.5. The first-order chi connectivity index (χ1) is 27.1. The van der Waals surface area contributed by atoms with E-state index < -0.39 is 5.97 Å². The number of hydrogen-bond acceptors (Lipinski definition) is 7. The average Bonchev–Trinajstić information content (AvgIpc) is 3.20. The zero-order chi connectivity index (χ0) is 39.3. The Morgan fingerprint density at radius 2 is 1.35 bits per heavy atom. The van der Waals surface area contributed by atoms with Gasteiger partial charge in [-0.05, 0) is 115 Å². The fraction of sp³-hybridized carbons (Fsp3) is 0.140. The summed E-state index contributed by atoms with van der Waals surface area (Å²) in [4.78, 5) is 28.6.